The Kier molecular flexibility index (Phi) is 3.88. The average molecular weight is 407 g/mol. The highest BCUT2D eigenvalue weighted by Crippen LogP contribution is 2.29. The van der Waals surface area contributed by atoms with Crippen LogP contribution in [0.4, 0.5) is 21.5 Å². The van der Waals surface area contributed by atoms with Crippen LogP contribution in [0.3, 0.4) is 0 Å². The lowest BCUT2D eigenvalue weighted by atomic mass is 10.2. The first kappa shape index (κ1) is 12.6. The van der Waals surface area contributed by atoms with Crippen LogP contribution in [-0.4, -0.2) is 0 Å². The van der Waals surface area contributed by atoms with Gasteiger partial charge >= 0.3 is 0 Å². The summed E-state index contributed by atoms with van der Waals surface area (Å²) in [7, 11) is 0. The molecule has 0 amide bonds. The Balaban J connectivity index is 2.33. The topological polar surface area (TPSA) is 38.0 Å². The number of nitrogens with one attached hydrogen (secondary N) is 1. The minimum absolute atomic E-state index is 0.340. The van der Waals surface area contributed by atoms with Crippen LogP contribution in [0.1, 0.15) is 0 Å². The van der Waals surface area contributed by atoms with Crippen molar-refractivity contribution in [3.8, 4) is 0 Å². The van der Waals surface area contributed by atoms with E-state index >= 15 is 0 Å². The van der Waals surface area contributed by atoms with Gasteiger partial charge in [0.05, 0.1) is 15.8 Å². The van der Waals surface area contributed by atoms with Crippen molar-refractivity contribution >= 4 is 55.6 Å². The van der Waals surface area contributed by atoms with Crippen molar-refractivity contribution < 1.29 is 4.39 Å². The summed E-state index contributed by atoms with van der Waals surface area (Å²) in [5.41, 5.74) is 7.76. The molecule has 0 bridgehead atoms. The molecule has 0 radical (unpaired) electrons. The van der Waals surface area contributed by atoms with Gasteiger partial charge in [-0.05, 0) is 62.8 Å². The van der Waals surface area contributed by atoms with Crippen LogP contribution in [0.15, 0.2) is 40.9 Å². The van der Waals surface area contributed by atoms with Crippen LogP contribution in [0.2, 0.25) is 0 Å². The van der Waals surface area contributed by atoms with Crippen molar-refractivity contribution in [3.63, 3.8) is 0 Å². The van der Waals surface area contributed by atoms with E-state index in [0.29, 0.717) is 15.8 Å². The van der Waals surface area contributed by atoms with Crippen LogP contribution in [0.5, 0.6) is 0 Å². The first-order valence-electron chi connectivity index (χ1n) is 4.83. The number of hydrogen-bond donors (Lipinski definition) is 2. The zero-order valence-corrected chi connectivity index (χ0v) is 12.4. The number of rotatable bonds is 2. The first-order chi connectivity index (χ1) is 8.06. The molecule has 0 saturated heterocycles. The molecule has 0 aliphatic carbocycles. The Morgan fingerprint density at radius 2 is 2.00 bits per heavy atom. The van der Waals surface area contributed by atoms with Gasteiger partial charge in [0, 0.05) is 15.3 Å². The van der Waals surface area contributed by atoms with E-state index in [1.165, 1.54) is 6.07 Å². The maximum atomic E-state index is 13.4. The van der Waals surface area contributed by atoms with E-state index in [1.54, 1.807) is 6.07 Å². The van der Waals surface area contributed by atoms with Crippen LogP contribution in [-0.2, 0) is 0 Å². The Labute approximate surface area is 121 Å². The summed E-state index contributed by atoms with van der Waals surface area (Å²) in [6.07, 6.45) is 0. The molecule has 2 aromatic carbocycles. The number of halogens is 3. The fourth-order valence-corrected chi connectivity index (χ4v) is 2.30. The molecule has 2 aromatic rings. The predicted octanol–water partition coefficient (Wildman–Crippen LogP) is 4.52. The van der Waals surface area contributed by atoms with Crippen LogP contribution in [0, 0.1) is 9.39 Å². The summed E-state index contributed by atoms with van der Waals surface area (Å²) >= 11 is 5.31. The minimum atomic E-state index is -0.340. The number of nitrogen functional groups attached to an aromatic ring is 1. The van der Waals surface area contributed by atoms with Crippen molar-refractivity contribution in [3.05, 3.63) is 50.3 Å². The number of nitrogens with two attached hydrogens (primary N) is 1. The van der Waals surface area contributed by atoms with Gasteiger partial charge in [-0.2, -0.15) is 0 Å². The third-order valence-electron chi connectivity index (χ3n) is 2.20. The normalized spacial score (nSPS) is 10.3. The van der Waals surface area contributed by atoms with Gasteiger partial charge in [-0.25, -0.2) is 4.39 Å². The average Bonchev–Trinajstić information content (AvgIpc) is 2.26. The lowest BCUT2D eigenvalue weighted by Gasteiger charge is -2.10. The SMILES string of the molecule is Nc1cc(Br)c(F)cc1Nc1cccc(I)c1. The third kappa shape index (κ3) is 3.10. The summed E-state index contributed by atoms with van der Waals surface area (Å²) in [5.74, 6) is -0.340. The molecule has 5 heteroatoms. The molecular weight excluding hydrogens is 398 g/mol. The third-order valence-corrected chi connectivity index (χ3v) is 3.47. The summed E-state index contributed by atoms with van der Waals surface area (Å²) in [6.45, 7) is 0. The molecule has 0 heterocycles. The lowest BCUT2D eigenvalue weighted by Crippen LogP contribution is -1.97. The second-order valence-corrected chi connectivity index (χ2v) is 5.59. The fraction of sp³-hybridized carbons (Fsp3) is 0. The summed E-state index contributed by atoms with van der Waals surface area (Å²) < 4.78 is 14.9. The van der Waals surface area contributed by atoms with Crippen molar-refractivity contribution in [2.45, 2.75) is 0 Å². The maximum absolute atomic E-state index is 13.4. The van der Waals surface area contributed by atoms with Crippen LogP contribution in [0.25, 0.3) is 0 Å². The Morgan fingerprint density at radius 3 is 2.71 bits per heavy atom. The number of hydrogen-bond acceptors (Lipinski definition) is 2. The molecule has 88 valence electrons. The molecule has 0 fully saturated rings. The van der Waals surface area contributed by atoms with E-state index in [-0.39, 0.29) is 5.82 Å². The van der Waals surface area contributed by atoms with Gasteiger partial charge in [-0.1, -0.05) is 6.07 Å². The molecule has 2 nitrogen and oxygen atoms in total. The van der Waals surface area contributed by atoms with Crippen LogP contribution < -0.4 is 11.1 Å². The zero-order chi connectivity index (χ0) is 12.4. The number of anilines is 3. The number of benzene rings is 2. The molecule has 3 N–H and O–H groups in total. The highest BCUT2D eigenvalue weighted by atomic mass is 127. The van der Waals surface area contributed by atoms with Gasteiger partial charge in [0.15, 0.2) is 0 Å². The van der Waals surface area contributed by atoms with Gasteiger partial charge in [-0.15, -0.1) is 0 Å². The predicted molar refractivity (Wildman–Crippen MR) is 81.0 cm³/mol. The smallest absolute Gasteiger partial charge is 0.139 e. The standard InChI is InChI=1S/C12H9BrFIN2/c13-9-5-11(16)12(6-10(9)14)17-8-3-1-2-7(15)4-8/h1-6,17H,16H2. The molecule has 0 aliphatic heterocycles. The molecule has 0 spiro atoms. The van der Waals surface area contributed by atoms with Crippen molar-refractivity contribution in [1.29, 1.82) is 0 Å². The van der Waals surface area contributed by atoms with E-state index in [0.717, 1.165) is 9.26 Å². The van der Waals surface area contributed by atoms with Crippen LogP contribution >= 0.6 is 38.5 Å². The molecule has 0 aromatic heterocycles. The second-order valence-electron chi connectivity index (χ2n) is 3.49. The zero-order valence-electron chi connectivity index (χ0n) is 8.68. The van der Waals surface area contributed by atoms with E-state index in [2.05, 4.69) is 43.8 Å². The summed E-state index contributed by atoms with van der Waals surface area (Å²) in [6, 6.07) is 10.7. The first-order valence-corrected chi connectivity index (χ1v) is 6.70. The Hall–Kier alpha value is -0.820. The summed E-state index contributed by atoms with van der Waals surface area (Å²) in [5, 5.41) is 3.09. The quantitative estimate of drug-likeness (QED) is 0.568. The molecule has 17 heavy (non-hydrogen) atoms. The molecule has 2 rings (SSSR count). The van der Waals surface area contributed by atoms with Gasteiger partial charge in [-0.3, -0.25) is 0 Å². The van der Waals surface area contributed by atoms with Gasteiger partial charge in [0.2, 0.25) is 0 Å². The van der Waals surface area contributed by atoms with Gasteiger partial charge < -0.3 is 11.1 Å². The maximum Gasteiger partial charge on any atom is 0.139 e. The highest BCUT2D eigenvalue weighted by Gasteiger charge is 2.06. The molecule has 0 atom stereocenters. The Morgan fingerprint density at radius 1 is 1.24 bits per heavy atom. The molecule has 0 unspecified atom stereocenters. The fourth-order valence-electron chi connectivity index (χ4n) is 1.39. The van der Waals surface area contributed by atoms with Crippen molar-refractivity contribution in [2.75, 3.05) is 11.1 Å². The van der Waals surface area contributed by atoms with Crippen molar-refractivity contribution in [2.24, 2.45) is 0 Å². The van der Waals surface area contributed by atoms with Gasteiger partial charge in [0.25, 0.3) is 0 Å². The molecular formula is C12H9BrFIN2. The van der Waals surface area contributed by atoms with E-state index in [4.69, 9.17) is 5.73 Å². The summed E-state index contributed by atoms with van der Waals surface area (Å²) in [4.78, 5) is 0. The van der Waals surface area contributed by atoms with E-state index in [9.17, 15) is 4.39 Å². The highest BCUT2D eigenvalue weighted by molar-refractivity contribution is 14.1. The molecule has 0 saturated carbocycles. The van der Waals surface area contributed by atoms with Gasteiger partial charge in [0.1, 0.15) is 5.82 Å². The lowest BCUT2D eigenvalue weighted by molar-refractivity contribution is 0.622. The van der Waals surface area contributed by atoms with E-state index < -0.39 is 0 Å². The van der Waals surface area contributed by atoms with E-state index in [1.807, 2.05) is 24.3 Å². The largest absolute Gasteiger partial charge is 0.397 e. The minimum Gasteiger partial charge on any atom is -0.397 e. The monoisotopic (exact) mass is 406 g/mol. The Bertz CT molecular complexity index is 560. The van der Waals surface area contributed by atoms with Crippen molar-refractivity contribution in [1.82, 2.24) is 0 Å². The second kappa shape index (κ2) is 5.22. The molecule has 0 aliphatic rings.